The Morgan fingerprint density at radius 3 is 2.58 bits per heavy atom. The lowest BCUT2D eigenvalue weighted by molar-refractivity contribution is -0.136. The van der Waals surface area contributed by atoms with Gasteiger partial charge in [-0.2, -0.15) is 13.2 Å². The Hall–Kier alpha value is -2.03. The van der Waals surface area contributed by atoms with Crippen LogP contribution in [0.2, 0.25) is 5.02 Å². The summed E-state index contributed by atoms with van der Waals surface area (Å²) < 4.78 is 52.6. The van der Waals surface area contributed by atoms with Gasteiger partial charge in [-0.05, 0) is 56.3 Å². The summed E-state index contributed by atoms with van der Waals surface area (Å²) in [6.45, 7) is 3.26. The van der Waals surface area contributed by atoms with E-state index in [-0.39, 0.29) is 16.4 Å². The van der Waals surface area contributed by atoms with Gasteiger partial charge < -0.3 is 9.15 Å². The van der Waals surface area contributed by atoms with Crippen molar-refractivity contribution >= 4 is 38.5 Å². The van der Waals surface area contributed by atoms with Crippen LogP contribution in [0.5, 0.6) is 5.75 Å². The minimum atomic E-state index is -4.71. The molecule has 4 nitrogen and oxygen atoms in total. The Labute approximate surface area is 189 Å². The van der Waals surface area contributed by atoms with Gasteiger partial charge in [-0.3, -0.25) is 9.69 Å². The van der Waals surface area contributed by atoms with E-state index in [0.29, 0.717) is 17.9 Å². The Kier molecular flexibility index (Phi) is 6.32. The fourth-order valence-corrected chi connectivity index (χ4v) is 4.25. The third-order valence-electron chi connectivity index (χ3n) is 5.21. The molecule has 31 heavy (non-hydrogen) atoms. The number of fused-ring (bicyclic) bond motifs is 1. The van der Waals surface area contributed by atoms with E-state index in [4.69, 9.17) is 20.8 Å². The molecule has 3 aromatic rings. The summed E-state index contributed by atoms with van der Waals surface area (Å²) in [4.78, 5) is 15.0. The third-order valence-corrected chi connectivity index (χ3v) is 6.00. The van der Waals surface area contributed by atoms with Crippen molar-refractivity contribution in [2.45, 2.75) is 19.0 Å². The first-order valence-corrected chi connectivity index (χ1v) is 10.9. The number of rotatable bonds is 5. The second-order valence-electron chi connectivity index (χ2n) is 7.31. The SMILES string of the molecule is O=c1cc(-c2ccc(Br)cc2OCCN2CCCC2)oc2c(Cl)ccc(C(F)(F)F)c12. The highest BCUT2D eigenvalue weighted by molar-refractivity contribution is 9.10. The van der Waals surface area contributed by atoms with Crippen LogP contribution in [0.15, 0.2) is 50.1 Å². The van der Waals surface area contributed by atoms with Crippen LogP contribution in [0.4, 0.5) is 13.2 Å². The van der Waals surface area contributed by atoms with Gasteiger partial charge in [-0.15, -0.1) is 0 Å². The summed E-state index contributed by atoms with van der Waals surface area (Å²) in [6, 6.07) is 8.06. The first kappa shape index (κ1) is 22.2. The van der Waals surface area contributed by atoms with E-state index in [1.807, 2.05) is 0 Å². The van der Waals surface area contributed by atoms with Crippen LogP contribution >= 0.6 is 27.5 Å². The maximum absolute atomic E-state index is 13.4. The number of likely N-dealkylation sites (tertiary alicyclic amines) is 1. The molecule has 1 saturated heterocycles. The zero-order valence-corrected chi connectivity index (χ0v) is 18.6. The lowest BCUT2D eigenvalue weighted by Crippen LogP contribution is -2.25. The number of nitrogens with zero attached hydrogens (tertiary/aromatic N) is 1. The molecule has 2 heterocycles. The lowest BCUT2D eigenvalue weighted by atomic mass is 10.1. The number of benzene rings is 2. The van der Waals surface area contributed by atoms with Crippen LogP contribution in [0.1, 0.15) is 18.4 Å². The molecule has 0 amide bonds. The molecule has 9 heteroatoms. The zero-order chi connectivity index (χ0) is 22.2. The zero-order valence-electron chi connectivity index (χ0n) is 16.3. The summed E-state index contributed by atoms with van der Waals surface area (Å²) in [5.74, 6) is 0.543. The molecule has 4 rings (SSSR count). The molecular weight excluding hydrogens is 499 g/mol. The minimum Gasteiger partial charge on any atom is -0.491 e. The highest BCUT2D eigenvalue weighted by Gasteiger charge is 2.34. The molecule has 0 saturated carbocycles. The van der Waals surface area contributed by atoms with Crippen molar-refractivity contribution in [3.05, 3.63) is 61.7 Å². The molecule has 1 aromatic heterocycles. The number of ether oxygens (including phenoxy) is 1. The third kappa shape index (κ3) is 4.76. The van der Waals surface area contributed by atoms with Gasteiger partial charge in [0.1, 0.15) is 18.1 Å². The van der Waals surface area contributed by atoms with Crippen LogP contribution in [0.25, 0.3) is 22.3 Å². The van der Waals surface area contributed by atoms with Gasteiger partial charge >= 0.3 is 6.18 Å². The van der Waals surface area contributed by atoms with E-state index in [2.05, 4.69) is 20.8 Å². The van der Waals surface area contributed by atoms with Gasteiger partial charge in [0, 0.05) is 17.1 Å². The summed E-state index contributed by atoms with van der Waals surface area (Å²) in [5, 5.41) is -0.659. The Balaban J connectivity index is 1.75. The number of alkyl halides is 3. The summed E-state index contributed by atoms with van der Waals surface area (Å²) in [5.41, 5.74) is -1.75. The van der Waals surface area contributed by atoms with Gasteiger partial charge in [-0.25, -0.2) is 0 Å². The van der Waals surface area contributed by atoms with Crippen LogP contribution in [0.3, 0.4) is 0 Å². The van der Waals surface area contributed by atoms with Crippen LogP contribution in [0, 0.1) is 0 Å². The predicted molar refractivity (Wildman–Crippen MR) is 117 cm³/mol. The van der Waals surface area contributed by atoms with Gasteiger partial charge in [0.25, 0.3) is 0 Å². The molecule has 0 radical (unpaired) electrons. The molecule has 1 fully saturated rings. The first-order valence-electron chi connectivity index (χ1n) is 9.72. The second kappa shape index (κ2) is 8.84. The van der Waals surface area contributed by atoms with Gasteiger partial charge in [0.2, 0.25) is 0 Å². The topological polar surface area (TPSA) is 42.7 Å². The fraction of sp³-hybridized carbons (Fsp3) is 0.318. The van der Waals surface area contributed by atoms with E-state index < -0.39 is 22.6 Å². The molecule has 1 aliphatic rings. The maximum Gasteiger partial charge on any atom is 0.417 e. The molecule has 0 spiro atoms. The standard InChI is InChI=1S/C22H18BrClF3NO3/c23-13-3-4-14(18(11-13)30-10-9-28-7-1-2-8-28)19-12-17(29)20-15(22(25,26)27)5-6-16(24)21(20)31-19/h3-6,11-12H,1-2,7-10H2. The highest BCUT2D eigenvalue weighted by Crippen LogP contribution is 2.39. The molecule has 0 bridgehead atoms. The van der Waals surface area contributed by atoms with E-state index in [1.165, 1.54) is 12.8 Å². The van der Waals surface area contributed by atoms with Gasteiger partial charge in [0.05, 0.1) is 21.5 Å². The van der Waals surface area contributed by atoms with Crippen molar-refractivity contribution in [1.82, 2.24) is 4.90 Å². The van der Waals surface area contributed by atoms with Crippen molar-refractivity contribution in [2.24, 2.45) is 0 Å². The van der Waals surface area contributed by atoms with Gasteiger partial charge in [-0.1, -0.05) is 27.5 Å². The van der Waals surface area contributed by atoms with E-state index in [9.17, 15) is 18.0 Å². The van der Waals surface area contributed by atoms with Crippen molar-refractivity contribution in [1.29, 1.82) is 0 Å². The molecule has 2 aromatic carbocycles. The van der Waals surface area contributed by atoms with Crippen molar-refractivity contribution < 1.29 is 22.3 Å². The Morgan fingerprint density at radius 1 is 1.13 bits per heavy atom. The quantitative estimate of drug-likeness (QED) is 0.395. The Morgan fingerprint density at radius 2 is 1.87 bits per heavy atom. The summed E-state index contributed by atoms with van der Waals surface area (Å²) in [7, 11) is 0. The highest BCUT2D eigenvalue weighted by atomic mass is 79.9. The molecule has 0 atom stereocenters. The monoisotopic (exact) mass is 515 g/mol. The summed E-state index contributed by atoms with van der Waals surface area (Å²) in [6.07, 6.45) is -2.36. The van der Waals surface area contributed by atoms with Crippen molar-refractivity contribution in [3.63, 3.8) is 0 Å². The minimum absolute atomic E-state index is 0.0736. The predicted octanol–water partition coefficient (Wildman–Crippen LogP) is 6.37. The molecule has 0 unspecified atom stereocenters. The second-order valence-corrected chi connectivity index (χ2v) is 8.63. The molecule has 164 valence electrons. The molecule has 1 aliphatic heterocycles. The average molecular weight is 517 g/mol. The molecule has 0 aliphatic carbocycles. The van der Waals surface area contributed by atoms with Crippen LogP contribution in [-0.4, -0.2) is 31.1 Å². The molecular formula is C22H18BrClF3NO3. The number of hydrogen-bond acceptors (Lipinski definition) is 4. The van der Waals surface area contributed by atoms with E-state index in [0.717, 1.165) is 42.3 Å². The Bertz CT molecular complexity index is 1170. The summed E-state index contributed by atoms with van der Waals surface area (Å²) >= 11 is 9.48. The fourth-order valence-electron chi connectivity index (χ4n) is 3.71. The maximum atomic E-state index is 13.4. The lowest BCUT2D eigenvalue weighted by Gasteiger charge is -2.17. The van der Waals surface area contributed by atoms with Gasteiger partial charge in [0.15, 0.2) is 11.0 Å². The van der Waals surface area contributed by atoms with E-state index >= 15 is 0 Å². The number of hydrogen-bond donors (Lipinski definition) is 0. The first-order chi connectivity index (χ1) is 14.7. The van der Waals surface area contributed by atoms with Crippen molar-refractivity contribution in [3.8, 4) is 17.1 Å². The average Bonchev–Trinajstić information content (AvgIpc) is 3.21. The number of halogens is 5. The van der Waals surface area contributed by atoms with Crippen LogP contribution in [-0.2, 0) is 6.18 Å². The smallest absolute Gasteiger partial charge is 0.417 e. The van der Waals surface area contributed by atoms with Crippen LogP contribution < -0.4 is 10.2 Å². The van der Waals surface area contributed by atoms with Crippen molar-refractivity contribution in [2.75, 3.05) is 26.2 Å². The molecule has 0 N–H and O–H groups in total. The van der Waals surface area contributed by atoms with E-state index in [1.54, 1.807) is 18.2 Å². The largest absolute Gasteiger partial charge is 0.491 e. The normalized spacial score (nSPS) is 15.0.